The first-order valence-electron chi connectivity index (χ1n) is 9.47. The van der Waals surface area contributed by atoms with Crippen molar-refractivity contribution in [1.29, 1.82) is 0 Å². The van der Waals surface area contributed by atoms with Crippen molar-refractivity contribution in [2.24, 2.45) is 0 Å². The number of carbonyl (C=O) groups excluding carboxylic acids is 1. The third-order valence-electron chi connectivity index (χ3n) is 4.41. The lowest BCUT2D eigenvalue weighted by Gasteiger charge is -2.24. The highest BCUT2D eigenvalue weighted by atomic mass is 32.2. The van der Waals surface area contributed by atoms with Crippen molar-refractivity contribution in [3.8, 4) is 0 Å². The number of carbonyl (C=O) groups is 1. The third kappa shape index (κ3) is 6.27. The van der Waals surface area contributed by atoms with Crippen LogP contribution in [0.3, 0.4) is 0 Å². The summed E-state index contributed by atoms with van der Waals surface area (Å²) in [6.07, 6.45) is 0.824. The average molecular weight is 422 g/mol. The zero-order valence-electron chi connectivity index (χ0n) is 17.3. The molecule has 0 unspecified atom stereocenters. The van der Waals surface area contributed by atoms with E-state index in [2.05, 4.69) is 4.72 Å². The molecule has 2 aromatic carbocycles. The van der Waals surface area contributed by atoms with Crippen molar-refractivity contribution in [2.75, 3.05) is 38.5 Å². The van der Waals surface area contributed by atoms with Gasteiger partial charge in [0, 0.05) is 30.9 Å². The van der Waals surface area contributed by atoms with Gasteiger partial charge in [-0.2, -0.15) is 0 Å². The number of sulfonamides is 1. The summed E-state index contributed by atoms with van der Waals surface area (Å²) in [7, 11) is -0.0838. The van der Waals surface area contributed by atoms with Crippen molar-refractivity contribution in [3.63, 3.8) is 0 Å². The number of nitrogens with zero attached hydrogens (tertiary/aromatic N) is 2. The quantitative estimate of drug-likeness (QED) is 0.674. The molecule has 1 amide bonds. The Hall–Kier alpha value is -2.45. The SMILES string of the molecule is CCCN(CCN(C)C)C(=O)c1cccc(NS(=O)(=O)c2ccc(C)c(F)c2)c1. The maximum Gasteiger partial charge on any atom is 0.261 e. The second kappa shape index (κ2) is 9.84. The lowest BCUT2D eigenvalue weighted by atomic mass is 10.1. The number of amides is 1. The fourth-order valence-corrected chi connectivity index (χ4v) is 3.82. The Labute approximate surface area is 172 Å². The Morgan fingerprint density at radius 2 is 1.79 bits per heavy atom. The second-order valence-corrected chi connectivity index (χ2v) is 8.88. The summed E-state index contributed by atoms with van der Waals surface area (Å²) in [4.78, 5) is 16.5. The predicted octanol–water partition coefficient (Wildman–Crippen LogP) is 3.35. The Morgan fingerprint density at radius 3 is 2.41 bits per heavy atom. The predicted molar refractivity (Wildman–Crippen MR) is 113 cm³/mol. The molecule has 0 fully saturated rings. The lowest BCUT2D eigenvalue weighted by molar-refractivity contribution is 0.0745. The number of hydrogen-bond donors (Lipinski definition) is 1. The Balaban J connectivity index is 2.23. The van der Waals surface area contributed by atoms with Gasteiger partial charge in [0.05, 0.1) is 4.90 Å². The summed E-state index contributed by atoms with van der Waals surface area (Å²) in [6, 6.07) is 10.1. The van der Waals surface area contributed by atoms with E-state index >= 15 is 0 Å². The van der Waals surface area contributed by atoms with Crippen LogP contribution in [0.15, 0.2) is 47.4 Å². The number of hydrogen-bond acceptors (Lipinski definition) is 4. The van der Waals surface area contributed by atoms with Crippen molar-refractivity contribution in [2.45, 2.75) is 25.2 Å². The van der Waals surface area contributed by atoms with E-state index in [9.17, 15) is 17.6 Å². The molecule has 2 rings (SSSR count). The van der Waals surface area contributed by atoms with Crippen LogP contribution >= 0.6 is 0 Å². The first kappa shape index (κ1) is 22.8. The number of anilines is 1. The Kier molecular flexibility index (Phi) is 7.75. The van der Waals surface area contributed by atoms with Crippen molar-refractivity contribution in [3.05, 3.63) is 59.4 Å². The molecule has 0 heterocycles. The van der Waals surface area contributed by atoms with Gasteiger partial charge in [-0.3, -0.25) is 9.52 Å². The van der Waals surface area contributed by atoms with Gasteiger partial charge in [0.25, 0.3) is 15.9 Å². The van der Waals surface area contributed by atoms with Gasteiger partial charge in [-0.25, -0.2) is 12.8 Å². The molecule has 0 aromatic heterocycles. The summed E-state index contributed by atoms with van der Waals surface area (Å²) in [5, 5.41) is 0. The molecule has 0 radical (unpaired) electrons. The molecule has 6 nitrogen and oxygen atoms in total. The fraction of sp³-hybridized carbons (Fsp3) is 0.381. The van der Waals surface area contributed by atoms with E-state index in [1.807, 2.05) is 25.9 Å². The topological polar surface area (TPSA) is 69.7 Å². The fourth-order valence-electron chi connectivity index (χ4n) is 2.76. The first-order chi connectivity index (χ1) is 13.6. The smallest absolute Gasteiger partial charge is 0.261 e. The van der Waals surface area contributed by atoms with Crippen LogP contribution in [0.25, 0.3) is 0 Å². The minimum atomic E-state index is -3.97. The lowest BCUT2D eigenvalue weighted by Crippen LogP contribution is -2.37. The molecule has 0 aliphatic heterocycles. The maximum absolute atomic E-state index is 13.8. The summed E-state index contributed by atoms with van der Waals surface area (Å²) >= 11 is 0. The molecule has 1 N–H and O–H groups in total. The minimum absolute atomic E-state index is 0.156. The van der Waals surface area contributed by atoms with Crippen molar-refractivity contribution < 1.29 is 17.6 Å². The van der Waals surface area contributed by atoms with Crippen LogP contribution in [0.2, 0.25) is 0 Å². The highest BCUT2D eigenvalue weighted by Crippen LogP contribution is 2.20. The van der Waals surface area contributed by atoms with E-state index in [4.69, 9.17) is 0 Å². The number of rotatable bonds is 9. The molecule has 0 saturated carbocycles. The molecule has 0 atom stereocenters. The monoisotopic (exact) mass is 421 g/mol. The molecule has 0 aliphatic rings. The van der Waals surface area contributed by atoms with Crippen LogP contribution in [-0.4, -0.2) is 57.9 Å². The molecule has 0 bridgehead atoms. The molecule has 0 aliphatic carbocycles. The molecule has 158 valence electrons. The molecular weight excluding hydrogens is 393 g/mol. The van der Waals surface area contributed by atoms with Crippen LogP contribution in [0.4, 0.5) is 10.1 Å². The van der Waals surface area contributed by atoms with Gasteiger partial charge in [0.2, 0.25) is 0 Å². The molecule has 2 aromatic rings. The zero-order valence-corrected chi connectivity index (χ0v) is 18.1. The average Bonchev–Trinajstić information content (AvgIpc) is 2.66. The first-order valence-corrected chi connectivity index (χ1v) is 11.0. The van der Waals surface area contributed by atoms with E-state index in [1.165, 1.54) is 18.2 Å². The van der Waals surface area contributed by atoms with Gasteiger partial charge in [0.15, 0.2) is 0 Å². The highest BCUT2D eigenvalue weighted by Gasteiger charge is 2.19. The van der Waals surface area contributed by atoms with E-state index in [0.717, 1.165) is 19.0 Å². The minimum Gasteiger partial charge on any atom is -0.337 e. The van der Waals surface area contributed by atoms with Gasteiger partial charge in [-0.1, -0.05) is 19.1 Å². The molecular formula is C21H28FN3O3S. The molecule has 0 saturated heterocycles. The van der Waals surface area contributed by atoms with Crippen LogP contribution in [0.1, 0.15) is 29.3 Å². The number of nitrogens with one attached hydrogen (secondary N) is 1. The van der Waals surface area contributed by atoms with E-state index in [1.54, 1.807) is 30.0 Å². The largest absolute Gasteiger partial charge is 0.337 e. The number of halogens is 1. The zero-order chi connectivity index (χ0) is 21.6. The van der Waals surface area contributed by atoms with E-state index < -0.39 is 15.8 Å². The standard InChI is InChI=1S/C21H28FN3O3S/c1-5-11-25(13-12-24(3)4)21(26)17-7-6-8-18(14-17)23-29(27,28)19-10-9-16(2)20(22)15-19/h6-10,14-15,23H,5,11-13H2,1-4H3. The summed E-state index contributed by atoms with van der Waals surface area (Å²) in [5.41, 5.74) is 1.01. The van der Waals surface area contributed by atoms with E-state index in [0.29, 0.717) is 24.2 Å². The maximum atomic E-state index is 13.8. The molecule has 29 heavy (non-hydrogen) atoms. The van der Waals surface area contributed by atoms with Crippen LogP contribution < -0.4 is 4.72 Å². The number of aryl methyl sites for hydroxylation is 1. The Bertz CT molecular complexity index is 961. The third-order valence-corrected chi connectivity index (χ3v) is 5.79. The number of benzene rings is 2. The van der Waals surface area contributed by atoms with E-state index in [-0.39, 0.29) is 16.5 Å². The number of likely N-dealkylation sites (N-methyl/N-ethyl adjacent to an activating group) is 1. The summed E-state index contributed by atoms with van der Waals surface area (Å²) < 4.78 is 41.4. The van der Waals surface area contributed by atoms with Crippen molar-refractivity contribution >= 4 is 21.6 Å². The van der Waals surface area contributed by atoms with Gasteiger partial charge < -0.3 is 9.80 Å². The van der Waals surface area contributed by atoms with Gasteiger partial charge in [0.1, 0.15) is 5.82 Å². The highest BCUT2D eigenvalue weighted by molar-refractivity contribution is 7.92. The second-order valence-electron chi connectivity index (χ2n) is 7.19. The van der Waals surface area contributed by atoms with Gasteiger partial charge in [-0.15, -0.1) is 0 Å². The summed E-state index contributed by atoms with van der Waals surface area (Å²) in [6.45, 7) is 5.49. The van der Waals surface area contributed by atoms with Crippen LogP contribution in [0, 0.1) is 12.7 Å². The summed E-state index contributed by atoms with van der Waals surface area (Å²) in [5.74, 6) is -0.746. The van der Waals surface area contributed by atoms with Crippen LogP contribution in [0.5, 0.6) is 0 Å². The molecule has 0 spiro atoms. The van der Waals surface area contributed by atoms with Crippen LogP contribution in [-0.2, 0) is 10.0 Å². The Morgan fingerprint density at radius 1 is 1.07 bits per heavy atom. The van der Waals surface area contributed by atoms with Gasteiger partial charge in [-0.05, 0) is 63.3 Å². The van der Waals surface area contributed by atoms with Gasteiger partial charge >= 0.3 is 0 Å². The molecule has 8 heteroatoms. The normalized spacial score (nSPS) is 11.5. The van der Waals surface area contributed by atoms with Crippen molar-refractivity contribution in [1.82, 2.24) is 9.80 Å².